The van der Waals surface area contributed by atoms with Crippen molar-refractivity contribution >= 4 is 46.0 Å². The van der Waals surface area contributed by atoms with E-state index in [9.17, 15) is 33.1 Å². The average molecular weight is 905 g/mol. The van der Waals surface area contributed by atoms with Crippen LogP contribution in [0.2, 0.25) is 0 Å². The Bertz CT molecular complexity index is 2390. The summed E-state index contributed by atoms with van der Waals surface area (Å²) in [5.41, 5.74) is 3.39. The van der Waals surface area contributed by atoms with Crippen molar-refractivity contribution in [2.75, 3.05) is 0 Å². The van der Waals surface area contributed by atoms with Crippen molar-refractivity contribution < 1.29 is 73.9 Å². The molecule has 2 heterocycles. The molecule has 0 aliphatic carbocycles. The van der Waals surface area contributed by atoms with Crippen LogP contribution in [0.15, 0.2) is 132 Å². The number of fused-ring (bicyclic) bond motifs is 1. The first-order chi connectivity index (χ1) is 30.4. The first-order valence-electron chi connectivity index (χ1n) is 19.0. The van der Waals surface area contributed by atoms with Crippen molar-refractivity contribution in [2.24, 2.45) is 0 Å². The van der Waals surface area contributed by atoms with Gasteiger partial charge in [0.25, 0.3) is 0 Å². The number of thiophene rings is 1. The van der Waals surface area contributed by atoms with Crippen LogP contribution in [0.3, 0.4) is 0 Å². The van der Waals surface area contributed by atoms with Gasteiger partial charge in [0.15, 0.2) is 24.4 Å². The van der Waals surface area contributed by atoms with Crippen LogP contribution in [-0.4, -0.2) is 105 Å². The molecule has 0 aliphatic heterocycles. The minimum absolute atomic E-state index is 0.0518. The third-order valence-electron chi connectivity index (χ3n) is 8.36. The lowest BCUT2D eigenvalue weighted by molar-refractivity contribution is -0.147. The number of pyridine rings is 1. The molecule has 6 aromatic rings. The van der Waals surface area contributed by atoms with E-state index < -0.39 is 60.2 Å². The van der Waals surface area contributed by atoms with Crippen molar-refractivity contribution in [2.45, 2.75) is 62.6 Å². The Morgan fingerprint density at radius 2 is 1.05 bits per heavy atom. The van der Waals surface area contributed by atoms with Gasteiger partial charge < -0.3 is 46.0 Å². The molecule has 0 fully saturated rings. The maximum atomic E-state index is 12.6. The Morgan fingerprint density at radius 3 is 1.55 bits per heavy atom. The lowest BCUT2D eigenvalue weighted by Gasteiger charge is -2.08. The number of nitriles is 1. The van der Waals surface area contributed by atoms with Gasteiger partial charge in [-0.1, -0.05) is 72.8 Å². The van der Waals surface area contributed by atoms with E-state index in [0.29, 0.717) is 16.8 Å². The average Bonchev–Trinajstić information content (AvgIpc) is 3.78. The third kappa shape index (κ3) is 21.2. The van der Waals surface area contributed by atoms with Gasteiger partial charge in [0.1, 0.15) is 17.7 Å². The summed E-state index contributed by atoms with van der Waals surface area (Å²) in [6.07, 6.45) is -4.46. The molecule has 9 N–H and O–H groups in total. The zero-order valence-corrected chi connectivity index (χ0v) is 34.7. The van der Waals surface area contributed by atoms with Crippen LogP contribution >= 0.6 is 11.3 Å². The maximum absolute atomic E-state index is 12.6. The van der Waals surface area contributed by atoms with Gasteiger partial charge in [-0.25, -0.2) is 28.0 Å². The van der Waals surface area contributed by atoms with Gasteiger partial charge in [-0.2, -0.15) is 16.6 Å². The topological polar surface area (TPSA) is 287 Å². The lowest BCUT2D eigenvalue weighted by Crippen LogP contribution is -2.22. The molecule has 6 rings (SSSR count). The first kappa shape index (κ1) is 53.2. The Kier molecular flexibility index (Phi) is 23.7. The molecule has 0 saturated heterocycles. The Hall–Kier alpha value is -6.98. The normalized spacial score (nSPS) is 12.5. The van der Waals surface area contributed by atoms with Crippen LogP contribution in [0.1, 0.15) is 27.9 Å². The second-order valence-electron chi connectivity index (χ2n) is 13.4. The van der Waals surface area contributed by atoms with Gasteiger partial charge in [0, 0.05) is 44.0 Å². The van der Waals surface area contributed by atoms with E-state index in [4.69, 9.17) is 46.1 Å². The summed E-state index contributed by atoms with van der Waals surface area (Å²) in [5.74, 6) is -5.67. The van der Waals surface area contributed by atoms with Crippen molar-refractivity contribution in [3.63, 3.8) is 0 Å². The maximum Gasteiger partial charge on any atom is 0.332 e. The standard InChI is InChI=1S/C13H12O3.C9H8FNO.C9H9FO3.C8H9NO3.C7H8O3S/c14-12(13(15)16)8-10-6-3-5-9-4-1-2-7-11(9)10;10-8-3-1-2-7(4-8)5-9(12)6-11;10-7-3-1-2-6(4-7)5-8(11)9(12)13;10-7(8(11)12)5-6-3-1-2-4-9-6;8-6(7(9)10)3-5-1-2-11-4-5/h1-7,12,14H,8H2,(H,15,16);1-4,9,12H,5H2;1-4,8,11H,5H2,(H,12,13);1-4,7,10H,5H2,(H,11,12);1-2,4,6,8H,3H2,(H,9,10)/t12-;;8-;7-;6-/m0.000/s1. The van der Waals surface area contributed by atoms with E-state index in [1.54, 1.807) is 54.7 Å². The molecule has 18 heteroatoms. The van der Waals surface area contributed by atoms with Gasteiger partial charge in [0.2, 0.25) is 0 Å². The molecule has 4 aromatic carbocycles. The molecular weight excluding hydrogens is 859 g/mol. The van der Waals surface area contributed by atoms with E-state index >= 15 is 0 Å². The molecule has 2 aromatic heterocycles. The summed E-state index contributed by atoms with van der Waals surface area (Å²) in [5, 5.41) is 92.8. The molecule has 0 spiro atoms. The molecule has 64 heavy (non-hydrogen) atoms. The fraction of sp³-hybridized carbons (Fsp3) is 0.217. The van der Waals surface area contributed by atoms with Crippen molar-refractivity contribution in [3.8, 4) is 6.07 Å². The van der Waals surface area contributed by atoms with Gasteiger partial charge in [-0.15, -0.1) is 0 Å². The molecule has 1 unspecified atom stereocenters. The molecule has 0 radical (unpaired) electrons. The number of carbonyl (C=O) groups is 4. The zero-order valence-electron chi connectivity index (χ0n) is 33.8. The Morgan fingerprint density at radius 1 is 0.562 bits per heavy atom. The fourth-order valence-electron chi connectivity index (χ4n) is 5.20. The smallest absolute Gasteiger partial charge is 0.332 e. The van der Waals surface area contributed by atoms with Gasteiger partial charge in [-0.05, 0) is 86.3 Å². The second kappa shape index (κ2) is 28.6. The van der Waals surface area contributed by atoms with Crippen LogP contribution in [-0.2, 0) is 51.3 Å². The fourth-order valence-corrected chi connectivity index (χ4v) is 5.88. The lowest BCUT2D eigenvalue weighted by atomic mass is 10.00. The van der Waals surface area contributed by atoms with Crippen LogP contribution in [0.25, 0.3) is 10.8 Å². The number of aromatic nitrogens is 1. The Balaban J connectivity index is 0.000000277. The highest BCUT2D eigenvalue weighted by molar-refractivity contribution is 7.07. The van der Waals surface area contributed by atoms with Crippen molar-refractivity contribution in [1.29, 1.82) is 5.26 Å². The first-order valence-corrected chi connectivity index (χ1v) is 19.9. The van der Waals surface area contributed by atoms with Gasteiger partial charge in [-0.3, -0.25) is 4.98 Å². The highest BCUT2D eigenvalue weighted by Crippen LogP contribution is 2.20. The minimum atomic E-state index is -1.47. The molecule has 0 amide bonds. The SMILES string of the molecule is N#CC(O)Cc1cccc(F)c1.O=C(O)[C@@H](O)Cc1cccc(F)c1.O=C(O)[C@@H](O)Cc1cccc2ccccc12.O=C(O)[C@@H](O)Cc1ccccn1.O=C(O)[C@@H](O)Cc1ccsc1. The monoisotopic (exact) mass is 904 g/mol. The van der Waals surface area contributed by atoms with Crippen LogP contribution < -0.4 is 0 Å². The number of rotatable bonds is 14. The number of aliphatic hydroxyl groups is 5. The number of carboxylic acids is 4. The molecule has 0 aliphatic rings. The molecular formula is C46H46F2N2O13S. The zero-order chi connectivity index (χ0) is 47.6. The predicted molar refractivity (Wildman–Crippen MR) is 230 cm³/mol. The van der Waals surface area contributed by atoms with Crippen LogP contribution in [0.4, 0.5) is 8.78 Å². The van der Waals surface area contributed by atoms with Crippen molar-refractivity contribution in [1.82, 2.24) is 4.98 Å². The predicted octanol–water partition coefficient (Wildman–Crippen LogP) is 4.70. The van der Waals surface area contributed by atoms with Crippen LogP contribution in [0.5, 0.6) is 0 Å². The largest absolute Gasteiger partial charge is 0.479 e. The Labute approximate surface area is 369 Å². The summed E-state index contributed by atoms with van der Waals surface area (Å²) in [6, 6.07) is 33.4. The highest BCUT2D eigenvalue weighted by Gasteiger charge is 2.16. The third-order valence-corrected chi connectivity index (χ3v) is 9.09. The van der Waals surface area contributed by atoms with Gasteiger partial charge >= 0.3 is 23.9 Å². The molecule has 0 saturated carbocycles. The van der Waals surface area contributed by atoms with E-state index in [0.717, 1.165) is 21.9 Å². The molecule has 5 atom stereocenters. The number of halogens is 2. The summed E-state index contributed by atoms with van der Waals surface area (Å²) in [7, 11) is 0. The van der Waals surface area contributed by atoms with E-state index in [1.165, 1.54) is 41.7 Å². The minimum Gasteiger partial charge on any atom is -0.479 e. The summed E-state index contributed by atoms with van der Waals surface area (Å²) < 4.78 is 25.1. The van der Waals surface area contributed by atoms with E-state index in [2.05, 4.69) is 4.98 Å². The number of hydrogen-bond donors (Lipinski definition) is 9. The molecule has 15 nitrogen and oxygen atoms in total. The number of nitrogens with zero attached hydrogens (tertiary/aromatic N) is 2. The summed E-state index contributed by atoms with van der Waals surface area (Å²) in [6.45, 7) is 0. The summed E-state index contributed by atoms with van der Waals surface area (Å²) in [4.78, 5) is 45.1. The van der Waals surface area contributed by atoms with Crippen molar-refractivity contribution in [3.05, 3.63) is 172 Å². The quantitative estimate of drug-likeness (QED) is 0.0670. The molecule has 338 valence electrons. The van der Waals surface area contributed by atoms with Gasteiger partial charge in [0.05, 0.1) is 6.07 Å². The number of benzene rings is 4. The summed E-state index contributed by atoms with van der Waals surface area (Å²) >= 11 is 1.49. The number of carboxylic acid groups (broad SMARTS) is 4. The number of aliphatic hydroxyl groups excluding tert-OH is 5. The number of hydrogen-bond acceptors (Lipinski definition) is 12. The van der Waals surface area contributed by atoms with E-state index in [-0.39, 0.29) is 37.9 Å². The second-order valence-corrected chi connectivity index (χ2v) is 14.2. The molecule has 0 bridgehead atoms. The van der Waals surface area contributed by atoms with E-state index in [1.807, 2.05) is 53.2 Å². The number of aliphatic carboxylic acids is 4. The van der Waals surface area contributed by atoms with Crippen LogP contribution in [0, 0.1) is 23.0 Å². The highest BCUT2D eigenvalue weighted by atomic mass is 32.1.